The van der Waals surface area contributed by atoms with Crippen molar-refractivity contribution < 1.29 is 14.3 Å². The van der Waals surface area contributed by atoms with Crippen LogP contribution in [0.2, 0.25) is 5.02 Å². The molecule has 2 rings (SSSR count). The second-order valence-corrected chi connectivity index (χ2v) is 3.89. The number of carboxylic acid groups (broad SMARTS) is 1. The van der Waals surface area contributed by atoms with Gasteiger partial charge in [0, 0.05) is 5.56 Å². The Morgan fingerprint density at radius 1 is 1.18 bits per heavy atom. The predicted octanol–water partition coefficient (Wildman–Crippen LogP) is 3.84. The molecular formula is C13H8ClFO2. The maximum absolute atomic E-state index is 13.3. The molecule has 86 valence electrons. The molecule has 4 heteroatoms. The fraction of sp³-hybridized carbons (Fsp3) is 0. The van der Waals surface area contributed by atoms with Crippen molar-refractivity contribution in [2.24, 2.45) is 0 Å². The molecule has 2 nitrogen and oxygen atoms in total. The standard InChI is InChI=1S/C13H8ClFO2/c14-11-7-9(15)6-10(12(11)13(16)17)8-4-2-1-3-5-8/h1-7H,(H,16,17). The van der Waals surface area contributed by atoms with Gasteiger partial charge in [-0.25, -0.2) is 9.18 Å². The Hall–Kier alpha value is -1.87. The summed E-state index contributed by atoms with van der Waals surface area (Å²) in [4.78, 5) is 11.1. The number of hydrogen-bond donors (Lipinski definition) is 1. The molecule has 2 aromatic carbocycles. The minimum absolute atomic E-state index is 0.0840. The average molecular weight is 251 g/mol. The van der Waals surface area contributed by atoms with E-state index < -0.39 is 11.8 Å². The zero-order valence-electron chi connectivity index (χ0n) is 8.65. The summed E-state index contributed by atoms with van der Waals surface area (Å²) in [6.45, 7) is 0. The summed E-state index contributed by atoms with van der Waals surface area (Å²) in [7, 11) is 0. The molecule has 0 saturated carbocycles. The number of benzene rings is 2. The number of rotatable bonds is 2. The first-order chi connectivity index (χ1) is 8.09. The summed E-state index contributed by atoms with van der Waals surface area (Å²) in [5, 5.41) is 8.99. The van der Waals surface area contributed by atoms with Gasteiger partial charge in [0.2, 0.25) is 0 Å². The van der Waals surface area contributed by atoms with E-state index in [1.165, 1.54) is 6.07 Å². The summed E-state index contributed by atoms with van der Waals surface area (Å²) in [5.41, 5.74) is 0.814. The van der Waals surface area contributed by atoms with Crippen LogP contribution in [0.1, 0.15) is 10.4 Å². The molecule has 17 heavy (non-hydrogen) atoms. The normalized spacial score (nSPS) is 10.2. The summed E-state index contributed by atoms with van der Waals surface area (Å²) < 4.78 is 13.3. The third-order valence-corrected chi connectivity index (χ3v) is 2.65. The molecule has 0 unspecified atom stereocenters. The van der Waals surface area contributed by atoms with E-state index in [2.05, 4.69) is 0 Å². The second-order valence-electron chi connectivity index (χ2n) is 3.48. The van der Waals surface area contributed by atoms with Crippen LogP contribution in [0.25, 0.3) is 11.1 Å². The van der Waals surface area contributed by atoms with Crippen LogP contribution in [0.4, 0.5) is 4.39 Å². The highest BCUT2D eigenvalue weighted by molar-refractivity contribution is 6.34. The van der Waals surface area contributed by atoms with Crippen molar-refractivity contribution in [2.75, 3.05) is 0 Å². The molecule has 0 aliphatic carbocycles. The Morgan fingerprint density at radius 2 is 1.82 bits per heavy atom. The smallest absolute Gasteiger partial charge is 0.337 e. The lowest BCUT2D eigenvalue weighted by atomic mass is 9.99. The molecule has 1 N–H and O–H groups in total. The maximum atomic E-state index is 13.3. The van der Waals surface area contributed by atoms with Gasteiger partial charge in [-0.1, -0.05) is 41.9 Å². The second kappa shape index (κ2) is 4.55. The van der Waals surface area contributed by atoms with Crippen LogP contribution in [0.5, 0.6) is 0 Å². The quantitative estimate of drug-likeness (QED) is 0.879. The first kappa shape index (κ1) is 11.6. The molecule has 0 amide bonds. The van der Waals surface area contributed by atoms with Gasteiger partial charge in [-0.05, 0) is 17.7 Å². The Bertz CT molecular complexity index is 567. The van der Waals surface area contributed by atoms with E-state index in [0.717, 1.165) is 6.07 Å². The first-order valence-electron chi connectivity index (χ1n) is 4.87. The minimum atomic E-state index is -1.17. The summed E-state index contributed by atoms with van der Waals surface area (Å²) in [6.07, 6.45) is 0. The number of carbonyl (C=O) groups is 1. The van der Waals surface area contributed by atoms with E-state index in [4.69, 9.17) is 16.7 Å². The van der Waals surface area contributed by atoms with Crippen LogP contribution in [-0.4, -0.2) is 11.1 Å². The Balaban J connectivity index is 2.72. The topological polar surface area (TPSA) is 37.3 Å². The van der Waals surface area contributed by atoms with Crippen molar-refractivity contribution >= 4 is 17.6 Å². The van der Waals surface area contributed by atoms with Crippen molar-refractivity contribution in [2.45, 2.75) is 0 Å². The van der Waals surface area contributed by atoms with E-state index in [1.54, 1.807) is 30.3 Å². The fourth-order valence-corrected chi connectivity index (χ4v) is 1.92. The third kappa shape index (κ3) is 2.29. The molecule has 0 spiro atoms. The lowest BCUT2D eigenvalue weighted by Crippen LogP contribution is -2.01. The zero-order valence-corrected chi connectivity index (χ0v) is 9.41. The SMILES string of the molecule is O=C(O)c1c(Cl)cc(F)cc1-c1ccccc1. The predicted molar refractivity (Wildman–Crippen MR) is 63.8 cm³/mol. The van der Waals surface area contributed by atoms with Crippen molar-refractivity contribution in [3.05, 3.63) is 58.9 Å². The van der Waals surface area contributed by atoms with E-state index in [0.29, 0.717) is 5.56 Å². The summed E-state index contributed by atoms with van der Waals surface area (Å²) in [6, 6.07) is 10.9. The molecule has 0 atom stereocenters. The van der Waals surface area contributed by atoms with E-state index in [9.17, 15) is 9.18 Å². The van der Waals surface area contributed by atoms with Crippen LogP contribution in [0.3, 0.4) is 0 Å². The molecule has 0 aromatic heterocycles. The molecule has 0 radical (unpaired) electrons. The largest absolute Gasteiger partial charge is 0.478 e. The first-order valence-corrected chi connectivity index (χ1v) is 5.25. The van der Waals surface area contributed by atoms with Gasteiger partial charge < -0.3 is 5.11 Å². The lowest BCUT2D eigenvalue weighted by molar-refractivity contribution is 0.0698. The van der Waals surface area contributed by atoms with Crippen LogP contribution < -0.4 is 0 Å². The maximum Gasteiger partial charge on any atom is 0.337 e. The molecule has 0 fully saturated rings. The van der Waals surface area contributed by atoms with Gasteiger partial charge >= 0.3 is 5.97 Å². The molecule has 2 aromatic rings. The fourth-order valence-electron chi connectivity index (χ4n) is 1.64. The van der Waals surface area contributed by atoms with Crippen molar-refractivity contribution in [1.82, 2.24) is 0 Å². The molecule has 0 aliphatic heterocycles. The Morgan fingerprint density at radius 3 is 2.41 bits per heavy atom. The summed E-state index contributed by atoms with van der Waals surface area (Å²) >= 11 is 5.76. The van der Waals surface area contributed by atoms with Crippen molar-refractivity contribution in [3.8, 4) is 11.1 Å². The Kier molecular flexibility index (Phi) is 3.11. The van der Waals surface area contributed by atoms with Gasteiger partial charge in [0.05, 0.1) is 10.6 Å². The minimum Gasteiger partial charge on any atom is -0.478 e. The molecule has 0 aliphatic rings. The number of aromatic carboxylic acids is 1. The summed E-state index contributed by atoms with van der Waals surface area (Å²) in [5.74, 6) is -1.73. The van der Waals surface area contributed by atoms with Crippen molar-refractivity contribution in [1.29, 1.82) is 0 Å². The Labute approximate surface area is 102 Å². The number of hydrogen-bond acceptors (Lipinski definition) is 1. The van der Waals surface area contributed by atoms with Gasteiger partial charge in [-0.3, -0.25) is 0 Å². The van der Waals surface area contributed by atoms with E-state index in [1.807, 2.05) is 0 Å². The third-order valence-electron chi connectivity index (χ3n) is 2.35. The highest BCUT2D eigenvalue weighted by Crippen LogP contribution is 2.30. The molecule has 0 heterocycles. The van der Waals surface area contributed by atoms with Crippen LogP contribution in [0.15, 0.2) is 42.5 Å². The molecular weight excluding hydrogens is 243 g/mol. The van der Waals surface area contributed by atoms with E-state index >= 15 is 0 Å². The van der Waals surface area contributed by atoms with Crippen LogP contribution >= 0.6 is 11.6 Å². The number of carboxylic acids is 1. The average Bonchev–Trinajstić information content (AvgIpc) is 2.28. The monoisotopic (exact) mass is 250 g/mol. The highest BCUT2D eigenvalue weighted by atomic mass is 35.5. The van der Waals surface area contributed by atoms with Gasteiger partial charge in [-0.2, -0.15) is 0 Å². The van der Waals surface area contributed by atoms with Gasteiger partial charge in [0.25, 0.3) is 0 Å². The zero-order chi connectivity index (χ0) is 12.4. The van der Waals surface area contributed by atoms with Crippen LogP contribution in [-0.2, 0) is 0 Å². The van der Waals surface area contributed by atoms with E-state index in [-0.39, 0.29) is 16.1 Å². The van der Waals surface area contributed by atoms with Crippen LogP contribution in [0, 0.1) is 5.82 Å². The highest BCUT2D eigenvalue weighted by Gasteiger charge is 2.17. The number of halogens is 2. The molecule has 0 bridgehead atoms. The van der Waals surface area contributed by atoms with Crippen molar-refractivity contribution in [3.63, 3.8) is 0 Å². The molecule has 0 saturated heterocycles. The van der Waals surface area contributed by atoms with Gasteiger partial charge in [0.1, 0.15) is 5.82 Å². The van der Waals surface area contributed by atoms with Gasteiger partial charge in [0.15, 0.2) is 0 Å². The van der Waals surface area contributed by atoms with Gasteiger partial charge in [-0.15, -0.1) is 0 Å². The lowest BCUT2D eigenvalue weighted by Gasteiger charge is -2.08.